The SMILES string of the molecule is CCCCC1CSC(=Cc2ccccc2)O1. The van der Waals surface area contributed by atoms with E-state index in [1.807, 2.05) is 17.8 Å². The Morgan fingerprint density at radius 3 is 2.94 bits per heavy atom. The van der Waals surface area contributed by atoms with Crippen LogP contribution in [0.5, 0.6) is 0 Å². The normalized spacial score (nSPS) is 22.3. The Labute approximate surface area is 102 Å². The first-order chi connectivity index (χ1) is 7.88. The van der Waals surface area contributed by atoms with E-state index in [1.165, 1.54) is 24.8 Å². The van der Waals surface area contributed by atoms with Gasteiger partial charge < -0.3 is 4.74 Å². The number of benzene rings is 1. The van der Waals surface area contributed by atoms with Crippen LogP contribution >= 0.6 is 11.8 Å². The summed E-state index contributed by atoms with van der Waals surface area (Å²) >= 11 is 1.83. The zero-order valence-electron chi connectivity index (χ0n) is 9.69. The summed E-state index contributed by atoms with van der Waals surface area (Å²) in [5.41, 5.74) is 1.22. The van der Waals surface area contributed by atoms with Crippen LogP contribution in [0, 0.1) is 0 Å². The molecule has 1 atom stereocenters. The third-order valence-corrected chi connectivity index (χ3v) is 3.70. The molecule has 1 fully saturated rings. The standard InChI is InChI=1S/C14H18OS/c1-2-3-9-13-11-16-14(15-13)10-12-7-5-4-6-8-12/h4-8,10,13H,2-3,9,11H2,1H3. The van der Waals surface area contributed by atoms with Crippen LogP contribution in [0.15, 0.2) is 35.4 Å². The first-order valence-corrected chi connectivity index (χ1v) is 6.93. The minimum atomic E-state index is 0.430. The molecule has 2 rings (SSSR count). The van der Waals surface area contributed by atoms with Crippen molar-refractivity contribution < 1.29 is 4.74 Å². The summed E-state index contributed by atoms with van der Waals surface area (Å²) in [4.78, 5) is 0. The van der Waals surface area contributed by atoms with E-state index in [0.717, 1.165) is 10.8 Å². The van der Waals surface area contributed by atoms with Gasteiger partial charge in [-0.05, 0) is 18.1 Å². The van der Waals surface area contributed by atoms with E-state index >= 15 is 0 Å². The average Bonchev–Trinajstić information content (AvgIpc) is 2.75. The van der Waals surface area contributed by atoms with Crippen LogP contribution in [-0.4, -0.2) is 11.9 Å². The van der Waals surface area contributed by atoms with E-state index in [1.54, 1.807) is 0 Å². The second kappa shape index (κ2) is 6.00. The zero-order valence-corrected chi connectivity index (χ0v) is 10.5. The Morgan fingerprint density at radius 1 is 1.38 bits per heavy atom. The molecule has 0 radical (unpaired) electrons. The molecular formula is C14H18OS. The van der Waals surface area contributed by atoms with Gasteiger partial charge in [0.1, 0.15) is 6.10 Å². The third-order valence-electron chi connectivity index (χ3n) is 2.66. The molecule has 0 saturated carbocycles. The minimum absolute atomic E-state index is 0.430. The zero-order chi connectivity index (χ0) is 11.2. The lowest BCUT2D eigenvalue weighted by Crippen LogP contribution is -2.07. The quantitative estimate of drug-likeness (QED) is 0.768. The topological polar surface area (TPSA) is 9.23 Å². The number of hydrogen-bond acceptors (Lipinski definition) is 2. The Hall–Kier alpha value is -0.890. The molecule has 1 aliphatic rings. The Balaban J connectivity index is 1.91. The highest BCUT2D eigenvalue weighted by Crippen LogP contribution is 2.32. The van der Waals surface area contributed by atoms with Crippen LogP contribution in [0.4, 0.5) is 0 Å². The monoisotopic (exact) mass is 234 g/mol. The van der Waals surface area contributed by atoms with E-state index in [9.17, 15) is 0 Å². The van der Waals surface area contributed by atoms with Gasteiger partial charge >= 0.3 is 0 Å². The second-order valence-electron chi connectivity index (χ2n) is 4.07. The maximum atomic E-state index is 5.89. The summed E-state index contributed by atoms with van der Waals surface area (Å²) in [6.45, 7) is 2.23. The van der Waals surface area contributed by atoms with E-state index in [-0.39, 0.29) is 0 Å². The lowest BCUT2D eigenvalue weighted by molar-refractivity contribution is 0.161. The number of unbranched alkanes of at least 4 members (excludes halogenated alkanes) is 1. The third kappa shape index (κ3) is 3.31. The van der Waals surface area contributed by atoms with Crippen LogP contribution < -0.4 is 0 Å². The van der Waals surface area contributed by atoms with Crippen LogP contribution in [0.2, 0.25) is 0 Å². The van der Waals surface area contributed by atoms with Crippen molar-refractivity contribution in [3.8, 4) is 0 Å². The molecule has 1 unspecified atom stereocenters. The van der Waals surface area contributed by atoms with Crippen LogP contribution in [0.3, 0.4) is 0 Å². The van der Waals surface area contributed by atoms with Gasteiger partial charge in [-0.3, -0.25) is 0 Å². The van der Waals surface area contributed by atoms with Gasteiger partial charge in [-0.2, -0.15) is 0 Å². The van der Waals surface area contributed by atoms with Crippen molar-refractivity contribution in [2.24, 2.45) is 0 Å². The van der Waals surface area contributed by atoms with Crippen LogP contribution in [0.1, 0.15) is 31.7 Å². The van der Waals surface area contributed by atoms with Gasteiger partial charge in [0.05, 0.1) is 0 Å². The van der Waals surface area contributed by atoms with Crippen molar-refractivity contribution >= 4 is 17.8 Å². The van der Waals surface area contributed by atoms with Crippen molar-refractivity contribution in [2.45, 2.75) is 32.3 Å². The van der Waals surface area contributed by atoms with Crippen molar-refractivity contribution in [3.63, 3.8) is 0 Å². The van der Waals surface area contributed by atoms with Gasteiger partial charge in [0.15, 0.2) is 5.09 Å². The molecule has 2 heteroatoms. The number of ether oxygens (including phenoxy) is 1. The summed E-state index contributed by atoms with van der Waals surface area (Å²) in [6.07, 6.45) is 6.28. The van der Waals surface area contributed by atoms with E-state index in [0.29, 0.717) is 6.10 Å². The molecule has 0 aromatic heterocycles. The fourth-order valence-corrected chi connectivity index (χ4v) is 2.75. The predicted molar refractivity (Wildman–Crippen MR) is 71.3 cm³/mol. The van der Waals surface area contributed by atoms with E-state index in [4.69, 9.17) is 4.74 Å². The van der Waals surface area contributed by atoms with Gasteiger partial charge in [-0.25, -0.2) is 0 Å². The van der Waals surface area contributed by atoms with Gasteiger partial charge in [0.25, 0.3) is 0 Å². The van der Waals surface area contributed by atoms with Crippen molar-refractivity contribution in [3.05, 3.63) is 41.0 Å². The van der Waals surface area contributed by atoms with Crippen LogP contribution in [0.25, 0.3) is 6.08 Å². The fraction of sp³-hybridized carbons (Fsp3) is 0.429. The number of thioether (sulfide) groups is 1. The van der Waals surface area contributed by atoms with Gasteiger partial charge in [0, 0.05) is 5.75 Å². The first kappa shape index (κ1) is 11.6. The lowest BCUT2D eigenvalue weighted by atomic mass is 10.2. The first-order valence-electron chi connectivity index (χ1n) is 5.94. The van der Waals surface area contributed by atoms with Crippen molar-refractivity contribution in [1.29, 1.82) is 0 Å². The molecule has 16 heavy (non-hydrogen) atoms. The van der Waals surface area contributed by atoms with Crippen molar-refractivity contribution in [2.75, 3.05) is 5.75 Å². The molecule has 86 valence electrons. The highest BCUT2D eigenvalue weighted by molar-refractivity contribution is 8.03. The Kier molecular flexibility index (Phi) is 4.34. The molecule has 1 saturated heterocycles. The average molecular weight is 234 g/mol. The summed E-state index contributed by atoms with van der Waals surface area (Å²) in [5, 5.41) is 1.08. The Morgan fingerprint density at radius 2 is 2.19 bits per heavy atom. The van der Waals surface area contributed by atoms with E-state index in [2.05, 4.69) is 37.3 Å². The molecule has 1 heterocycles. The molecule has 0 amide bonds. The summed E-state index contributed by atoms with van der Waals surface area (Å²) < 4.78 is 5.89. The molecule has 1 nitrogen and oxygen atoms in total. The molecule has 0 N–H and O–H groups in total. The molecular weight excluding hydrogens is 216 g/mol. The largest absolute Gasteiger partial charge is 0.483 e. The van der Waals surface area contributed by atoms with Crippen LogP contribution in [-0.2, 0) is 4.74 Å². The molecule has 1 aliphatic heterocycles. The summed E-state index contributed by atoms with van der Waals surface area (Å²) in [6, 6.07) is 10.4. The van der Waals surface area contributed by atoms with Gasteiger partial charge in [0.2, 0.25) is 0 Å². The molecule has 1 aromatic rings. The van der Waals surface area contributed by atoms with Crippen molar-refractivity contribution in [1.82, 2.24) is 0 Å². The molecule has 1 aromatic carbocycles. The second-order valence-corrected chi connectivity index (χ2v) is 5.09. The molecule has 0 aliphatic carbocycles. The summed E-state index contributed by atoms with van der Waals surface area (Å²) in [7, 11) is 0. The molecule has 0 spiro atoms. The van der Waals surface area contributed by atoms with Gasteiger partial charge in [-0.1, -0.05) is 61.9 Å². The maximum Gasteiger partial charge on any atom is 0.154 e. The van der Waals surface area contributed by atoms with E-state index < -0.39 is 0 Å². The maximum absolute atomic E-state index is 5.89. The highest BCUT2D eigenvalue weighted by atomic mass is 32.2. The number of hydrogen-bond donors (Lipinski definition) is 0. The summed E-state index contributed by atoms with van der Waals surface area (Å²) in [5.74, 6) is 1.11. The minimum Gasteiger partial charge on any atom is -0.483 e. The Bertz CT molecular complexity index is 345. The molecule has 0 bridgehead atoms. The highest BCUT2D eigenvalue weighted by Gasteiger charge is 2.20. The lowest BCUT2D eigenvalue weighted by Gasteiger charge is -2.08. The van der Waals surface area contributed by atoms with Gasteiger partial charge in [-0.15, -0.1) is 0 Å². The fourth-order valence-electron chi connectivity index (χ4n) is 1.74. The predicted octanol–water partition coefficient (Wildman–Crippen LogP) is 4.31. The number of rotatable bonds is 4. The smallest absolute Gasteiger partial charge is 0.154 e.